The van der Waals surface area contributed by atoms with Gasteiger partial charge in [-0.15, -0.1) is 11.3 Å². The number of anilines is 1. The van der Waals surface area contributed by atoms with Crippen molar-refractivity contribution in [1.29, 1.82) is 0 Å². The van der Waals surface area contributed by atoms with Gasteiger partial charge < -0.3 is 4.90 Å². The molecule has 0 aliphatic carbocycles. The smallest absolute Gasteiger partial charge is 0.244 e. The zero-order chi connectivity index (χ0) is 18.9. The molecule has 1 unspecified atom stereocenters. The Morgan fingerprint density at radius 1 is 1.04 bits per heavy atom. The molecule has 7 nitrogen and oxygen atoms in total. The van der Waals surface area contributed by atoms with Crippen molar-refractivity contribution in [3.63, 3.8) is 0 Å². The fraction of sp³-hybridized carbons (Fsp3) is 0.556. The monoisotopic (exact) mass is 407 g/mol. The van der Waals surface area contributed by atoms with Crippen molar-refractivity contribution in [2.45, 2.75) is 30.7 Å². The second kappa shape index (κ2) is 7.83. The molecule has 0 radical (unpaired) electrons. The fourth-order valence-electron chi connectivity index (χ4n) is 3.72. The lowest BCUT2D eigenvalue weighted by Crippen LogP contribution is -2.47. The normalized spacial score (nSPS) is 20.9. The number of thiazole rings is 1. The third-order valence-electron chi connectivity index (χ3n) is 5.42. The second-order valence-corrected chi connectivity index (χ2v) is 9.90. The third-order valence-corrected chi connectivity index (χ3v) is 8.25. The first-order chi connectivity index (χ1) is 13.1. The van der Waals surface area contributed by atoms with Crippen molar-refractivity contribution in [3.05, 3.63) is 34.9 Å². The van der Waals surface area contributed by atoms with E-state index in [4.69, 9.17) is 0 Å². The first-order valence-electron chi connectivity index (χ1n) is 9.40. The lowest BCUT2D eigenvalue weighted by Gasteiger charge is -2.38. The number of hydrogen-bond donors (Lipinski definition) is 0. The van der Waals surface area contributed by atoms with Crippen LogP contribution in [0.4, 0.5) is 5.82 Å². The van der Waals surface area contributed by atoms with Crippen molar-refractivity contribution in [2.24, 2.45) is 0 Å². The highest BCUT2D eigenvalue weighted by atomic mass is 32.2. The minimum atomic E-state index is -3.39. The lowest BCUT2D eigenvalue weighted by molar-refractivity contribution is 0.198. The van der Waals surface area contributed by atoms with Crippen molar-refractivity contribution in [2.75, 3.05) is 44.2 Å². The Bertz CT molecular complexity index is 840. The van der Waals surface area contributed by atoms with Gasteiger partial charge in [-0.1, -0.05) is 0 Å². The maximum absolute atomic E-state index is 12.6. The summed E-state index contributed by atoms with van der Waals surface area (Å²) in [5, 5.41) is 3.17. The van der Waals surface area contributed by atoms with Crippen LogP contribution in [0.1, 0.15) is 30.8 Å². The van der Waals surface area contributed by atoms with E-state index in [1.54, 1.807) is 21.7 Å². The van der Waals surface area contributed by atoms with Crippen molar-refractivity contribution >= 4 is 27.2 Å². The summed E-state index contributed by atoms with van der Waals surface area (Å²) < 4.78 is 26.8. The van der Waals surface area contributed by atoms with E-state index in [9.17, 15) is 8.42 Å². The largest absolute Gasteiger partial charge is 0.354 e. The van der Waals surface area contributed by atoms with Crippen LogP contribution in [0.2, 0.25) is 0 Å². The van der Waals surface area contributed by atoms with Crippen LogP contribution in [-0.4, -0.2) is 66.9 Å². The molecule has 1 atom stereocenters. The van der Waals surface area contributed by atoms with E-state index in [1.165, 1.54) is 6.20 Å². The predicted molar refractivity (Wildman–Crippen MR) is 107 cm³/mol. The Morgan fingerprint density at radius 2 is 1.78 bits per heavy atom. The molecule has 9 heteroatoms. The maximum Gasteiger partial charge on any atom is 0.244 e. The van der Waals surface area contributed by atoms with Gasteiger partial charge in [0.25, 0.3) is 0 Å². The molecular weight excluding hydrogens is 382 g/mol. The Kier molecular flexibility index (Phi) is 5.45. The summed E-state index contributed by atoms with van der Waals surface area (Å²) in [6.45, 7) is 7.06. The van der Waals surface area contributed by atoms with Crippen LogP contribution < -0.4 is 4.90 Å². The Morgan fingerprint density at radius 3 is 2.37 bits per heavy atom. The summed E-state index contributed by atoms with van der Waals surface area (Å²) in [7, 11) is -3.39. The summed E-state index contributed by atoms with van der Waals surface area (Å²) in [6, 6.07) is 3.86. The zero-order valence-electron chi connectivity index (χ0n) is 15.5. The summed E-state index contributed by atoms with van der Waals surface area (Å²) in [5.74, 6) is 0.844. The first-order valence-corrected chi connectivity index (χ1v) is 11.7. The Labute approximate surface area is 164 Å². The van der Waals surface area contributed by atoms with E-state index in [2.05, 4.69) is 26.7 Å². The molecule has 27 heavy (non-hydrogen) atoms. The Hall–Kier alpha value is -1.55. The highest BCUT2D eigenvalue weighted by Gasteiger charge is 2.28. The van der Waals surface area contributed by atoms with Gasteiger partial charge in [0, 0.05) is 57.0 Å². The molecule has 0 spiro atoms. The van der Waals surface area contributed by atoms with Crippen molar-refractivity contribution in [1.82, 2.24) is 19.2 Å². The van der Waals surface area contributed by atoms with Gasteiger partial charge in [-0.3, -0.25) is 4.90 Å². The summed E-state index contributed by atoms with van der Waals surface area (Å²) in [4.78, 5) is 13.8. The third kappa shape index (κ3) is 3.87. The lowest BCUT2D eigenvalue weighted by atomic mass is 10.2. The molecule has 146 valence electrons. The number of pyridine rings is 1. The van der Waals surface area contributed by atoms with E-state index in [1.807, 2.05) is 17.6 Å². The van der Waals surface area contributed by atoms with E-state index in [0.717, 1.165) is 49.8 Å². The number of rotatable bonds is 5. The molecule has 2 aromatic rings. The molecule has 2 aliphatic heterocycles. The van der Waals surface area contributed by atoms with E-state index < -0.39 is 10.0 Å². The highest BCUT2D eigenvalue weighted by Crippen LogP contribution is 2.25. The fourth-order valence-corrected chi connectivity index (χ4v) is 5.92. The average molecular weight is 408 g/mol. The minimum absolute atomic E-state index is 0.296. The van der Waals surface area contributed by atoms with Gasteiger partial charge in [-0.25, -0.2) is 18.4 Å². The number of piperazine rings is 1. The van der Waals surface area contributed by atoms with E-state index >= 15 is 0 Å². The quantitative estimate of drug-likeness (QED) is 0.757. The number of aromatic nitrogens is 2. The molecule has 0 aromatic carbocycles. The van der Waals surface area contributed by atoms with E-state index in [-0.39, 0.29) is 0 Å². The molecule has 2 fully saturated rings. The molecule has 2 aliphatic rings. The number of hydrogen-bond acceptors (Lipinski definition) is 7. The van der Waals surface area contributed by atoms with Crippen LogP contribution in [0.25, 0.3) is 0 Å². The SMILES string of the molecule is CC(c1nccs1)N1CCN(c2ccc(S(=O)(=O)N3CCCC3)cn2)CC1. The van der Waals surface area contributed by atoms with E-state index in [0.29, 0.717) is 24.0 Å². The molecule has 4 heterocycles. The van der Waals surface area contributed by atoms with Crippen LogP contribution >= 0.6 is 11.3 Å². The standard InChI is InChI=1S/C18H25N5O2S2/c1-15(18-19-6-13-26-18)21-9-11-22(12-10-21)17-5-4-16(14-20-17)27(24,25)23-7-2-3-8-23/h4-6,13-15H,2-3,7-12H2,1H3. The second-order valence-electron chi connectivity index (χ2n) is 7.03. The van der Waals surface area contributed by atoms with Gasteiger partial charge in [0.15, 0.2) is 0 Å². The van der Waals surface area contributed by atoms with Crippen LogP contribution in [-0.2, 0) is 10.0 Å². The molecule has 0 amide bonds. The topological polar surface area (TPSA) is 69.6 Å². The molecule has 0 N–H and O–H groups in total. The van der Waals surface area contributed by atoms with Gasteiger partial charge >= 0.3 is 0 Å². The molecule has 2 aromatic heterocycles. The predicted octanol–water partition coefficient (Wildman–Crippen LogP) is 2.21. The molecule has 0 saturated carbocycles. The van der Waals surface area contributed by atoms with Crippen molar-refractivity contribution in [3.8, 4) is 0 Å². The highest BCUT2D eigenvalue weighted by molar-refractivity contribution is 7.89. The number of nitrogens with zero attached hydrogens (tertiary/aromatic N) is 5. The Balaban J connectivity index is 1.39. The van der Waals surface area contributed by atoms with Crippen LogP contribution in [0.5, 0.6) is 0 Å². The summed E-state index contributed by atoms with van der Waals surface area (Å²) >= 11 is 1.70. The van der Waals surface area contributed by atoms with Gasteiger partial charge in [0.2, 0.25) is 10.0 Å². The van der Waals surface area contributed by atoms with Gasteiger partial charge in [-0.05, 0) is 31.9 Å². The van der Waals surface area contributed by atoms with Gasteiger partial charge in [0.05, 0.1) is 6.04 Å². The van der Waals surface area contributed by atoms with Gasteiger partial charge in [-0.2, -0.15) is 4.31 Å². The minimum Gasteiger partial charge on any atom is -0.354 e. The molecule has 0 bridgehead atoms. The summed E-state index contributed by atoms with van der Waals surface area (Å²) in [6.07, 6.45) is 5.24. The van der Waals surface area contributed by atoms with Crippen LogP contribution in [0.15, 0.2) is 34.8 Å². The zero-order valence-corrected chi connectivity index (χ0v) is 17.1. The molecular formula is C18H25N5O2S2. The average Bonchev–Trinajstić information content (AvgIpc) is 3.42. The van der Waals surface area contributed by atoms with Crippen molar-refractivity contribution < 1.29 is 8.42 Å². The number of sulfonamides is 1. The molecule has 4 rings (SSSR count). The van der Waals surface area contributed by atoms with Gasteiger partial charge in [0.1, 0.15) is 15.7 Å². The van der Waals surface area contributed by atoms with Crippen LogP contribution in [0, 0.1) is 0 Å². The molecule has 2 saturated heterocycles. The summed E-state index contributed by atoms with van der Waals surface area (Å²) in [5.41, 5.74) is 0. The maximum atomic E-state index is 12.6. The first kappa shape index (κ1) is 18.8. The van der Waals surface area contributed by atoms with Crippen LogP contribution in [0.3, 0.4) is 0 Å².